The maximum Gasteiger partial charge on any atom is 0.331 e. The van der Waals surface area contributed by atoms with E-state index in [1.54, 1.807) is 18.2 Å². The van der Waals surface area contributed by atoms with Crippen LogP contribution in [-0.2, 0) is 20.7 Å². The van der Waals surface area contributed by atoms with E-state index in [0.29, 0.717) is 30.8 Å². The molecule has 1 aliphatic rings. The number of non-ortho nitro benzene ring substituents is 1. The van der Waals surface area contributed by atoms with Crippen molar-refractivity contribution in [3.05, 3.63) is 64.1 Å². The molecule has 26 heavy (non-hydrogen) atoms. The van der Waals surface area contributed by atoms with Gasteiger partial charge in [-0.15, -0.1) is 0 Å². The van der Waals surface area contributed by atoms with Gasteiger partial charge < -0.3 is 14.1 Å². The van der Waals surface area contributed by atoms with Gasteiger partial charge in [-0.25, -0.2) is 4.79 Å². The number of furan rings is 1. The molecule has 0 aliphatic carbocycles. The summed E-state index contributed by atoms with van der Waals surface area (Å²) in [5.74, 6) is -0.532. The number of rotatable bonds is 5. The molecule has 8 heteroatoms. The van der Waals surface area contributed by atoms with Crippen molar-refractivity contribution in [3.63, 3.8) is 0 Å². The number of nitro groups is 1. The Hall–Kier alpha value is -3.42. The molecule has 0 saturated carbocycles. The Morgan fingerprint density at radius 2 is 2.19 bits per heavy atom. The normalized spacial score (nSPS) is 13.5. The highest BCUT2D eigenvalue weighted by Gasteiger charge is 2.24. The molecule has 0 atom stereocenters. The molecule has 0 spiro atoms. The van der Waals surface area contributed by atoms with Crippen molar-refractivity contribution in [1.29, 1.82) is 0 Å². The first-order valence-corrected chi connectivity index (χ1v) is 8.00. The van der Waals surface area contributed by atoms with Crippen molar-refractivity contribution in [3.8, 4) is 0 Å². The molecule has 3 rings (SSSR count). The van der Waals surface area contributed by atoms with Gasteiger partial charge in [0.05, 0.1) is 11.2 Å². The average Bonchev–Trinajstić information content (AvgIpc) is 3.17. The number of nitro benzene ring substituents is 1. The van der Waals surface area contributed by atoms with Gasteiger partial charge in [0.1, 0.15) is 5.76 Å². The van der Waals surface area contributed by atoms with Gasteiger partial charge in [0.25, 0.3) is 11.6 Å². The van der Waals surface area contributed by atoms with Crippen LogP contribution in [0.1, 0.15) is 17.7 Å². The fourth-order valence-corrected chi connectivity index (χ4v) is 2.75. The summed E-state index contributed by atoms with van der Waals surface area (Å²) in [5.41, 5.74) is 1.35. The number of hydrogen-bond donors (Lipinski definition) is 0. The predicted molar refractivity (Wildman–Crippen MR) is 92.5 cm³/mol. The number of carbonyl (C=O) groups is 2. The summed E-state index contributed by atoms with van der Waals surface area (Å²) in [4.78, 5) is 36.0. The average molecular weight is 356 g/mol. The third-order valence-corrected chi connectivity index (χ3v) is 3.96. The summed E-state index contributed by atoms with van der Waals surface area (Å²) in [6.07, 6.45) is 5.45. The zero-order valence-electron chi connectivity index (χ0n) is 13.8. The van der Waals surface area contributed by atoms with E-state index < -0.39 is 17.5 Å². The number of amides is 1. The number of benzene rings is 1. The van der Waals surface area contributed by atoms with Gasteiger partial charge in [-0.2, -0.15) is 0 Å². The van der Waals surface area contributed by atoms with Crippen molar-refractivity contribution >= 4 is 29.3 Å². The molecule has 0 saturated heterocycles. The van der Waals surface area contributed by atoms with Gasteiger partial charge in [-0.1, -0.05) is 0 Å². The molecule has 2 aromatic rings. The van der Waals surface area contributed by atoms with Crippen LogP contribution in [0.5, 0.6) is 0 Å². The number of anilines is 1. The Balaban J connectivity index is 1.62. The molecule has 1 aromatic carbocycles. The first-order chi connectivity index (χ1) is 12.5. The standard InChI is InChI=1S/C18H16N2O6/c21-17(12-26-18(22)8-6-15-4-2-10-25-15)19-9-1-3-13-11-14(20(23)24)5-7-16(13)19/h2,4-8,10-11H,1,3,9,12H2/b8-6+. The van der Waals surface area contributed by atoms with Gasteiger partial charge in [0, 0.05) is 30.4 Å². The van der Waals surface area contributed by atoms with Crippen LogP contribution in [0, 0.1) is 10.1 Å². The highest BCUT2D eigenvalue weighted by Crippen LogP contribution is 2.30. The van der Waals surface area contributed by atoms with E-state index in [2.05, 4.69) is 0 Å². The van der Waals surface area contributed by atoms with Crippen molar-refractivity contribution in [2.45, 2.75) is 12.8 Å². The van der Waals surface area contributed by atoms with Crippen LogP contribution >= 0.6 is 0 Å². The summed E-state index contributed by atoms with van der Waals surface area (Å²) in [6.45, 7) is 0.0706. The lowest BCUT2D eigenvalue weighted by atomic mass is 10.0. The zero-order valence-corrected chi connectivity index (χ0v) is 13.8. The highest BCUT2D eigenvalue weighted by atomic mass is 16.6. The summed E-state index contributed by atoms with van der Waals surface area (Å²) >= 11 is 0. The molecular formula is C18H16N2O6. The lowest BCUT2D eigenvalue weighted by molar-refractivity contribution is -0.384. The third-order valence-electron chi connectivity index (χ3n) is 3.96. The number of fused-ring (bicyclic) bond motifs is 1. The molecule has 0 radical (unpaired) electrons. The molecule has 8 nitrogen and oxygen atoms in total. The second kappa shape index (κ2) is 7.64. The largest absolute Gasteiger partial charge is 0.465 e. The molecule has 1 aromatic heterocycles. The first-order valence-electron chi connectivity index (χ1n) is 8.00. The van der Waals surface area contributed by atoms with Crippen LogP contribution in [0.2, 0.25) is 0 Å². The summed E-state index contributed by atoms with van der Waals surface area (Å²) in [7, 11) is 0. The topological polar surface area (TPSA) is 103 Å². The SMILES string of the molecule is O=C(/C=C/c1ccco1)OCC(=O)N1CCCc2cc([N+](=O)[O-])ccc21. The maximum atomic E-state index is 12.4. The summed E-state index contributed by atoms with van der Waals surface area (Å²) < 4.78 is 10.0. The number of carbonyl (C=O) groups excluding carboxylic acids is 2. The molecule has 2 heterocycles. The van der Waals surface area contributed by atoms with Crippen molar-refractivity contribution < 1.29 is 23.7 Å². The Labute approximate surface area is 148 Å². The van der Waals surface area contributed by atoms with E-state index in [0.717, 1.165) is 5.56 Å². The van der Waals surface area contributed by atoms with E-state index in [1.165, 1.54) is 35.4 Å². The summed E-state index contributed by atoms with van der Waals surface area (Å²) in [6, 6.07) is 7.77. The van der Waals surface area contributed by atoms with Crippen molar-refractivity contribution in [2.75, 3.05) is 18.1 Å². The van der Waals surface area contributed by atoms with E-state index >= 15 is 0 Å². The number of aryl methyl sites for hydroxylation is 1. The van der Waals surface area contributed by atoms with E-state index in [1.807, 2.05) is 0 Å². The van der Waals surface area contributed by atoms with Crippen LogP contribution in [0.25, 0.3) is 6.08 Å². The number of nitrogens with zero attached hydrogens (tertiary/aromatic N) is 2. The van der Waals surface area contributed by atoms with Crippen molar-refractivity contribution in [1.82, 2.24) is 0 Å². The molecule has 1 amide bonds. The van der Waals surface area contributed by atoms with E-state index in [4.69, 9.17) is 9.15 Å². The van der Waals surface area contributed by atoms with Crippen LogP contribution in [0.15, 0.2) is 47.1 Å². The molecule has 134 valence electrons. The van der Waals surface area contributed by atoms with Gasteiger partial charge in [-0.05, 0) is 42.7 Å². The fourth-order valence-electron chi connectivity index (χ4n) is 2.75. The Morgan fingerprint density at radius 3 is 2.92 bits per heavy atom. The van der Waals surface area contributed by atoms with Crippen LogP contribution in [0.4, 0.5) is 11.4 Å². The van der Waals surface area contributed by atoms with Crippen LogP contribution in [0.3, 0.4) is 0 Å². The maximum absolute atomic E-state index is 12.4. The quantitative estimate of drug-likeness (QED) is 0.353. The van der Waals surface area contributed by atoms with E-state index in [-0.39, 0.29) is 11.6 Å². The number of hydrogen-bond acceptors (Lipinski definition) is 6. The van der Waals surface area contributed by atoms with Gasteiger partial charge in [-0.3, -0.25) is 14.9 Å². The Bertz CT molecular complexity index is 857. The zero-order chi connectivity index (χ0) is 18.5. The highest BCUT2D eigenvalue weighted by molar-refractivity contribution is 5.97. The predicted octanol–water partition coefficient (Wildman–Crippen LogP) is 2.72. The second-order valence-electron chi connectivity index (χ2n) is 5.68. The Kier molecular flexibility index (Phi) is 5.12. The Morgan fingerprint density at radius 1 is 1.35 bits per heavy atom. The molecule has 0 bridgehead atoms. The van der Waals surface area contributed by atoms with Crippen LogP contribution in [-0.4, -0.2) is 30.0 Å². The molecule has 1 aliphatic heterocycles. The van der Waals surface area contributed by atoms with Gasteiger partial charge in [0.2, 0.25) is 0 Å². The smallest absolute Gasteiger partial charge is 0.331 e. The lowest BCUT2D eigenvalue weighted by Gasteiger charge is -2.29. The van der Waals surface area contributed by atoms with Crippen LogP contribution < -0.4 is 4.90 Å². The lowest BCUT2D eigenvalue weighted by Crippen LogP contribution is -2.38. The minimum absolute atomic E-state index is 0.00691. The monoisotopic (exact) mass is 356 g/mol. The van der Waals surface area contributed by atoms with E-state index in [9.17, 15) is 19.7 Å². The number of ether oxygens (including phenoxy) is 1. The minimum atomic E-state index is -0.657. The first kappa shape index (κ1) is 17.4. The molecule has 0 N–H and O–H groups in total. The second-order valence-corrected chi connectivity index (χ2v) is 5.68. The minimum Gasteiger partial charge on any atom is -0.465 e. The van der Waals surface area contributed by atoms with Gasteiger partial charge in [0.15, 0.2) is 6.61 Å². The van der Waals surface area contributed by atoms with Crippen molar-refractivity contribution in [2.24, 2.45) is 0 Å². The van der Waals surface area contributed by atoms with Gasteiger partial charge >= 0.3 is 5.97 Å². The third kappa shape index (κ3) is 3.97. The molecule has 0 unspecified atom stereocenters. The summed E-state index contributed by atoms with van der Waals surface area (Å²) in [5, 5.41) is 10.9. The molecular weight excluding hydrogens is 340 g/mol. The fraction of sp³-hybridized carbons (Fsp3) is 0.222. The number of esters is 1. The molecule has 0 fully saturated rings.